The van der Waals surface area contributed by atoms with Crippen molar-refractivity contribution in [1.82, 2.24) is 20.4 Å². The first kappa shape index (κ1) is 18.0. The van der Waals surface area contributed by atoms with Gasteiger partial charge >= 0.3 is 0 Å². The molecule has 138 valence electrons. The Morgan fingerprint density at radius 3 is 2.29 bits per heavy atom. The van der Waals surface area contributed by atoms with Crippen LogP contribution >= 0.6 is 0 Å². The Labute approximate surface area is 148 Å². The van der Waals surface area contributed by atoms with E-state index in [4.69, 9.17) is 0 Å². The minimum atomic E-state index is 0.320. The fourth-order valence-corrected chi connectivity index (χ4v) is 4.41. The molecule has 5 nitrogen and oxygen atoms in total. The van der Waals surface area contributed by atoms with Crippen LogP contribution < -0.4 is 10.6 Å². The van der Waals surface area contributed by atoms with Gasteiger partial charge in [0.25, 0.3) is 0 Å². The molecule has 0 spiro atoms. The molecule has 3 aliphatic rings. The molecule has 0 aromatic rings. The van der Waals surface area contributed by atoms with E-state index in [0.29, 0.717) is 5.54 Å². The summed E-state index contributed by atoms with van der Waals surface area (Å²) in [7, 11) is 4.16. The Balaban J connectivity index is 1.56. The lowest BCUT2D eigenvalue weighted by Gasteiger charge is -2.50. The second kappa shape index (κ2) is 8.52. The molecule has 0 radical (unpaired) electrons. The van der Waals surface area contributed by atoms with Gasteiger partial charge in [0, 0.05) is 25.7 Å². The van der Waals surface area contributed by atoms with Gasteiger partial charge in [-0.15, -0.1) is 0 Å². The summed E-state index contributed by atoms with van der Waals surface area (Å²) in [6, 6.07) is 0. The molecule has 2 heterocycles. The Hall–Kier alpha value is -0.810. The molecular formula is C19H37N5. The van der Waals surface area contributed by atoms with Crippen molar-refractivity contribution in [2.75, 3.05) is 53.4 Å². The summed E-state index contributed by atoms with van der Waals surface area (Å²) in [6.45, 7) is 7.10. The van der Waals surface area contributed by atoms with E-state index >= 15 is 0 Å². The van der Waals surface area contributed by atoms with Crippen LogP contribution in [0.1, 0.15) is 51.4 Å². The van der Waals surface area contributed by atoms with Gasteiger partial charge in [0.15, 0.2) is 5.96 Å². The van der Waals surface area contributed by atoms with E-state index in [1.54, 1.807) is 0 Å². The van der Waals surface area contributed by atoms with Gasteiger partial charge in [0.2, 0.25) is 0 Å². The molecule has 0 atom stereocenters. The molecule has 0 aromatic heterocycles. The predicted molar refractivity (Wildman–Crippen MR) is 102 cm³/mol. The molecule has 2 N–H and O–H groups in total. The van der Waals surface area contributed by atoms with Crippen molar-refractivity contribution in [3.05, 3.63) is 0 Å². The SMILES string of the molecule is CN=C(NCC1CCC1)NCC1(N2CCCCC2)CCN(C)CC1. The van der Waals surface area contributed by atoms with Crippen molar-refractivity contribution in [3.63, 3.8) is 0 Å². The third-order valence-corrected chi connectivity index (χ3v) is 6.54. The Morgan fingerprint density at radius 2 is 1.71 bits per heavy atom. The van der Waals surface area contributed by atoms with Crippen LogP contribution in [0.5, 0.6) is 0 Å². The highest BCUT2D eigenvalue weighted by molar-refractivity contribution is 5.79. The van der Waals surface area contributed by atoms with E-state index in [1.165, 1.54) is 77.5 Å². The monoisotopic (exact) mass is 335 g/mol. The van der Waals surface area contributed by atoms with E-state index in [9.17, 15) is 0 Å². The van der Waals surface area contributed by atoms with E-state index in [1.807, 2.05) is 7.05 Å². The number of hydrogen-bond acceptors (Lipinski definition) is 3. The summed E-state index contributed by atoms with van der Waals surface area (Å²) in [5, 5.41) is 7.22. The Kier molecular flexibility index (Phi) is 6.39. The van der Waals surface area contributed by atoms with Crippen molar-refractivity contribution in [1.29, 1.82) is 0 Å². The molecule has 3 rings (SSSR count). The highest BCUT2D eigenvalue weighted by atomic mass is 15.3. The van der Waals surface area contributed by atoms with Gasteiger partial charge in [0.1, 0.15) is 0 Å². The van der Waals surface area contributed by atoms with Crippen molar-refractivity contribution in [2.45, 2.75) is 56.9 Å². The Bertz CT molecular complexity index is 404. The largest absolute Gasteiger partial charge is 0.356 e. The zero-order valence-electron chi connectivity index (χ0n) is 15.8. The van der Waals surface area contributed by atoms with Gasteiger partial charge in [-0.25, -0.2) is 0 Å². The average Bonchev–Trinajstić information content (AvgIpc) is 2.59. The molecule has 3 fully saturated rings. The van der Waals surface area contributed by atoms with Gasteiger partial charge in [-0.1, -0.05) is 12.8 Å². The predicted octanol–water partition coefficient (Wildman–Crippen LogP) is 1.90. The topological polar surface area (TPSA) is 42.9 Å². The highest BCUT2D eigenvalue weighted by Gasteiger charge is 2.39. The van der Waals surface area contributed by atoms with Gasteiger partial charge < -0.3 is 15.5 Å². The van der Waals surface area contributed by atoms with Crippen LogP contribution in [-0.4, -0.2) is 74.7 Å². The van der Waals surface area contributed by atoms with Crippen molar-refractivity contribution in [3.8, 4) is 0 Å². The van der Waals surface area contributed by atoms with Crippen LogP contribution in [-0.2, 0) is 0 Å². The second-order valence-electron chi connectivity index (χ2n) is 8.18. The van der Waals surface area contributed by atoms with E-state index in [2.05, 4.69) is 32.5 Å². The number of nitrogens with zero attached hydrogens (tertiary/aromatic N) is 3. The van der Waals surface area contributed by atoms with Gasteiger partial charge in [-0.3, -0.25) is 9.89 Å². The zero-order valence-corrected chi connectivity index (χ0v) is 15.8. The summed E-state index contributed by atoms with van der Waals surface area (Å²) in [5.41, 5.74) is 0.320. The summed E-state index contributed by atoms with van der Waals surface area (Å²) >= 11 is 0. The summed E-state index contributed by atoms with van der Waals surface area (Å²) in [5.74, 6) is 1.86. The lowest BCUT2D eigenvalue weighted by Crippen LogP contribution is -2.62. The summed E-state index contributed by atoms with van der Waals surface area (Å²) in [6.07, 6.45) is 10.9. The molecule has 5 heteroatoms. The first-order valence-corrected chi connectivity index (χ1v) is 10.1. The van der Waals surface area contributed by atoms with Crippen molar-refractivity contribution >= 4 is 5.96 Å². The van der Waals surface area contributed by atoms with E-state index < -0.39 is 0 Å². The number of piperidine rings is 2. The fourth-order valence-electron chi connectivity index (χ4n) is 4.41. The lowest BCUT2D eigenvalue weighted by atomic mass is 9.84. The molecule has 2 aliphatic heterocycles. The lowest BCUT2D eigenvalue weighted by molar-refractivity contribution is 0.0173. The molecule has 24 heavy (non-hydrogen) atoms. The average molecular weight is 336 g/mol. The summed E-state index contributed by atoms with van der Waals surface area (Å²) < 4.78 is 0. The first-order chi connectivity index (χ1) is 11.7. The maximum Gasteiger partial charge on any atom is 0.191 e. The van der Waals surface area contributed by atoms with Crippen LogP contribution in [0.3, 0.4) is 0 Å². The van der Waals surface area contributed by atoms with Gasteiger partial charge in [0.05, 0.1) is 0 Å². The van der Waals surface area contributed by atoms with Crippen LogP contribution in [0.2, 0.25) is 0 Å². The van der Waals surface area contributed by atoms with Crippen molar-refractivity contribution in [2.24, 2.45) is 10.9 Å². The molecule has 0 aromatic carbocycles. The van der Waals surface area contributed by atoms with Crippen LogP contribution in [0.25, 0.3) is 0 Å². The molecule has 0 unspecified atom stereocenters. The normalized spacial score (nSPS) is 26.8. The molecular weight excluding hydrogens is 298 g/mol. The maximum absolute atomic E-state index is 4.46. The van der Waals surface area contributed by atoms with Crippen molar-refractivity contribution < 1.29 is 0 Å². The number of hydrogen-bond donors (Lipinski definition) is 2. The van der Waals surface area contributed by atoms with Gasteiger partial charge in [-0.05, 0) is 77.7 Å². The van der Waals surface area contributed by atoms with Crippen LogP contribution in [0.4, 0.5) is 0 Å². The molecule has 1 aliphatic carbocycles. The number of aliphatic imine (C=N–C) groups is 1. The molecule has 0 bridgehead atoms. The minimum Gasteiger partial charge on any atom is -0.356 e. The number of nitrogens with one attached hydrogen (secondary N) is 2. The number of rotatable bonds is 5. The third kappa shape index (κ3) is 4.42. The fraction of sp³-hybridized carbons (Fsp3) is 0.947. The smallest absolute Gasteiger partial charge is 0.191 e. The number of guanidine groups is 1. The molecule has 2 saturated heterocycles. The quantitative estimate of drug-likeness (QED) is 0.595. The maximum atomic E-state index is 4.46. The molecule has 1 saturated carbocycles. The zero-order chi connectivity index (χ0) is 16.8. The van der Waals surface area contributed by atoms with Crippen LogP contribution in [0.15, 0.2) is 4.99 Å². The molecule has 0 amide bonds. The van der Waals surface area contributed by atoms with Gasteiger partial charge in [-0.2, -0.15) is 0 Å². The van der Waals surface area contributed by atoms with E-state index in [-0.39, 0.29) is 0 Å². The summed E-state index contributed by atoms with van der Waals surface area (Å²) in [4.78, 5) is 9.72. The highest BCUT2D eigenvalue weighted by Crippen LogP contribution is 2.31. The third-order valence-electron chi connectivity index (χ3n) is 6.54. The minimum absolute atomic E-state index is 0.320. The Morgan fingerprint density at radius 1 is 1.00 bits per heavy atom. The standard InChI is InChI=1S/C19H37N5/c1-20-18(21-15-17-7-6-8-17)22-16-19(9-13-23(2)14-10-19)24-11-4-3-5-12-24/h17H,3-16H2,1-2H3,(H2,20,21,22). The number of likely N-dealkylation sites (tertiary alicyclic amines) is 2. The van der Waals surface area contributed by atoms with Crippen LogP contribution in [0, 0.1) is 5.92 Å². The van der Waals surface area contributed by atoms with E-state index in [0.717, 1.165) is 25.0 Å². The first-order valence-electron chi connectivity index (χ1n) is 10.1. The second-order valence-corrected chi connectivity index (χ2v) is 8.18.